The van der Waals surface area contributed by atoms with E-state index in [0.717, 1.165) is 11.1 Å². The maximum atomic E-state index is 12.4. The minimum absolute atomic E-state index is 0.162. The van der Waals surface area contributed by atoms with Gasteiger partial charge in [-0.2, -0.15) is 0 Å². The molecule has 2 aromatic rings. The average molecular weight is 335 g/mol. The van der Waals surface area contributed by atoms with Crippen molar-refractivity contribution in [3.05, 3.63) is 59.7 Å². The van der Waals surface area contributed by atoms with Gasteiger partial charge in [-0.1, -0.05) is 24.3 Å². The van der Waals surface area contributed by atoms with E-state index in [9.17, 15) is 8.42 Å². The lowest BCUT2D eigenvalue weighted by Gasteiger charge is -2.18. The van der Waals surface area contributed by atoms with Crippen LogP contribution < -0.4 is 9.46 Å². The van der Waals surface area contributed by atoms with E-state index < -0.39 is 10.0 Å². The molecule has 1 N–H and O–H groups in total. The molecule has 5 nitrogen and oxygen atoms in total. The van der Waals surface area contributed by atoms with Gasteiger partial charge < -0.3 is 9.47 Å². The van der Waals surface area contributed by atoms with E-state index in [2.05, 4.69) is 4.72 Å². The van der Waals surface area contributed by atoms with Gasteiger partial charge in [-0.15, -0.1) is 0 Å². The molecule has 1 unspecified atom stereocenters. The van der Waals surface area contributed by atoms with E-state index in [1.54, 1.807) is 19.2 Å². The van der Waals surface area contributed by atoms with Crippen molar-refractivity contribution in [2.24, 2.45) is 0 Å². The predicted molar refractivity (Wildman–Crippen MR) is 89.1 cm³/mol. The van der Waals surface area contributed by atoms with Gasteiger partial charge in [0.1, 0.15) is 5.75 Å². The zero-order chi connectivity index (χ0) is 16.9. The SMILES string of the molecule is COc1ccc(S(=O)(=O)NCC(OC)c2ccccc2C)cc1. The molecule has 124 valence electrons. The van der Waals surface area contributed by atoms with Crippen molar-refractivity contribution in [1.29, 1.82) is 0 Å². The number of rotatable bonds is 7. The standard InChI is InChI=1S/C17H21NO4S/c1-13-6-4-5-7-16(13)17(22-3)12-18-23(19,20)15-10-8-14(21-2)9-11-15/h4-11,17-18H,12H2,1-3H3. The van der Waals surface area contributed by atoms with Gasteiger partial charge in [0.2, 0.25) is 10.0 Å². The summed E-state index contributed by atoms with van der Waals surface area (Å²) in [5.74, 6) is 0.610. The molecule has 0 saturated heterocycles. The molecule has 0 saturated carbocycles. The van der Waals surface area contributed by atoms with Gasteiger partial charge >= 0.3 is 0 Å². The smallest absolute Gasteiger partial charge is 0.240 e. The molecule has 0 fully saturated rings. The topological polar surface area (TPSA) is 64.6 Å². The highest BCUT2D eigenvalue weighted by molar-refractivity contribution is 7.89. The highest BCUT2D eigenvalue weighted by Gasteiger charge is 2.19. The fourth-order valence-electron chi connectivity index (χ4n) is 2.29. The van der Waals surface area contributed by atoms with E-state index in [1.165, 1.54) is 19.2 Å². The zero-order valence-corrected chi connectivity index (χ0v) is 14.3. The van der Waals surface area contributed by atoms with Crippen LogP contribution in [0.2, 0.25) is 0 Å². The molecule has 0 heterocycles. The highest BCUT2D eigenvalue weighted by Crippen LogP contribution is 2.21. The summed E-state index contributed by atoms with van der Waals surface area (Å²) in [5.41, 5.74) is 2.02. The second kappa shape index (κ2) is 7.59. The van der Waals surface area contributed by atoms with Crippen LogP contribution in [0.3, 0.4) is 0 Å². The third kappa shape index (κ3) is 4.31. The Bertz CT molecular complexity index is 741. The van der Waals surface area contributed by atoms with Crippen molar-refractivity contribution in [3.8, 4) is 5.75 Å². The largest absolute Gasteiger partial charge is 0.497 e. The number of benzene rings is 2. The quantitative estimate of drug-likeness (QED) is 0.845. The molecule has 23 heavy (non-hydrogen) atoms. The summed E-state index contributed by atoms with van der Waals surface area (Å²) in [6.45, 7) is 2.13. The maximum absolute atomic E-state index is 12.4. The van der Waals surface area contributed by atoms with Gasteiger partial charge in [-0.05, 0) is 42.3 Å². The molecular formula is C17H21NO4S. The normalized spacial score (nSPS) is 12.8. The Labute approximate surface area is 137 Å². The van der Waals surface area contributed by atoms with Gasteiger partial charge in [-0.25, -0.2) is 13.1 Å². The first kappa shape index (κ1) is 17.5. The second-order valence-corrected chi connectivity index (χ2v) is 6.88. The molecule has 0 aliphatic heterocycles. The van der Waals surface area contributed by atoms with Crippen molar-refractivity contribution < 1.29 is 17.9 Å². The zero-order valence-electron chi connectivity index (χ0n) is 13.4. The van der Waals surface area contributed by atoms with Crippen molar-refractivity contribution in [1.82, 2.24) is 4.72 Å². The van der Waals surface area contributed by atoms with Crippen LogP contribution in [0.4, 0.5) is 0 Å². The van der Waals surface area contributed by atoms with E-state index in [1.807, 2.05) is 31.2 Å². The number of nitrogens with one attached hydrogen (secondary N) is 1. The van der Waals surface area contributed by atoms with Crippen LogP contribution in [0.15, 0.2) is 53.4 Å². The minimum atomic E-state index is -3.60. The molecule has 0 bridgehead atoms. The molecular weight excluding hydrogens is 314 g/mol. The van der Waals surface area contributed by atoms with Gasteiger partial charge in [0.25, 0.3) is 0 Å². The lowest BCUT2D eigenvalue weighted by molar-refractivity contribution is 0.107. The van der Waals surface area contributed by atoms with Crippen molar-refractivity contribution in [2.75, 3.05) is 20.8 Å². The monoisotopic (exact) mass is 335 g/mol. The lowest BCUT2D eigenvalue weighted by Crippen LogP contribution is -2.29. The van der Waals surface area contributed by atoms with Crippen molar-refractivity contribution >= 4 is 10.0 Å². The van der Waals surface area contributed by atoms with Crippen LogP contribution in [0, 0.1) is 6.92 Å². The fraction of sp³-hybridized carbons (Fsp3) is 0.294. The molecule has 0 aliphatic carbocycles. The van der Waals surface area contributed by atoms with E-state index in [0.29, 0.717) is 5.75 Å². The first-order valence-corrected chi connectivity index (χ1v) is 8.68. The molecule has 2 rings (SSSR count). The van der Waals surface area contributed by atoms with Gasteiger partial charge in [-0.3, -0.25) is 0 Å². The summed E-state index contributed by atoms with van der Waals surface area (Å²) in [4.78, 5) is 0.193. The van der Waals surface area contributed by atoms with Crippen LogP contribution >= 0.6 is 0 Å². The molecule has 0 aromatic heterocycles. The van der Waals surface area contributed by atoms with Crippen molar-refractivity contribution in [3.63, 3.8) is 0 Å². The van der Waals surface area contributed by atoms with Crippen LogP contribution in [0.1, 0.15) is 17.2 Å². The highest BCUT2D eigenvalue weighted by atomic mass is 32.2. The molecule has 0 amide bonds. The molecule has 6 heteroatoms. The summed E-state index contributed by atoms with van der Waals surface area (Å²) in [7, 11) is -0.494. The van der Waals surface area contributed by atoms with E-state index >= 15 is 0 Å². The van der Waals surface area contributed by atoms with Gasteiger partial charge in [0.15, 0.2) is 0 Å². The Morgan fingerprint density at radius 3 is 2.26 bits per heavy atom. The average Bonchev–Trinajstić information content (AvgIpc) is 2.57. The number of hydrogen-bond donors (Lipinski definition) is 1. The molecule has 0 spiro atoms. The predicted octanol–water partition coefficient (Wildman–Crippen LogP) is 2.67. The second-order valence-electron chi connectivity index (χ2n) is 5.11. The molecule has 2 aromatic carbocycles. The third-order valence-corrected chi connectivity index (χ3v) is 5.09. The first-order valence-electron chi connectivity index (χ1n) is 7.20. The van der Waals surface area contributed by atoms with Crippen LogP contribution in [-0.2, 0) is 14.8 Å². The number of sulfonamides is 1. The third-order valence-electron chi connectivity index (χ3n) is 3.65. The van der Waals surface area contributed by atoms with Gasteiger partial charge in [0, 0.05) is 13.7 Å². The van der Waals surface area contributed by atoms with Crippen LogP contribution in [-0.4, -0.2) is 29.2 Å². The number of aryl methyl sites for hydroxylation is 1. The maximum Gasteiger partial charge on any atom is 0.240 e. The summed E-state index contributed by atoms with van der Waals surface area (Å²) in [6.07, 6.45) is -0.343. The lowest BCUT2D eigenvalue weighted by atomic mass is 10.0. The van der Waals surface area contributed by atoms with Crippen molar-refractivity contribution in [2.45, 2.75) is 17.9 Å². The Hall–Kier alpha value is -1.89. The first-order chi connectivity index (χ1) is 11.0. The summed E-state index contributed by atoms with van der Waals surface area (Å²) in [5, 5.41) is 0. The molecule has 1 atom stereocenters. The number of hydrogen-bond acceptors (Lipinski definition) is 4. The van der Waals surface area contributed by atoms with E-state index in [-0.39, 0.29) is 17.5 Å². The Morgan fingerprint density at radius 2 is 1.70 bits per heavy atom. The summed E-state index contributed by atoms with van der Waals surface area (Å²) >= 11 is 0. The Kier molecular flexibility index (Phi) is 5.76. The summed E-state index contributed by atoms with van der Waals surface area (Å²) < 4.78 is 37.8. The minimum Gasteiger partial charge on any atom is -0.497 e. The van der Waals surface area contributed by atoms with Crippen LogP contribution in [0.5, 0.6) is 5.75 Å². The molecule has 0 aliphatic rings. The molecule has 0 radical (unpaired) electrons. The number of methoxy groups -OCH3 is 2. The Morgan fingerprint density at radius 1 is 1.04 bits per heavy atom. The van der Waals surface area contributed by atoms with Gasteiger partial charge in [0.05, 0.1) is 18.1 Å². The van der Waals surface area contributed by atoms with E-state index in [4.69, 9.17) is 9.47 Å². The summed E-state index contributed by atoms with van der Waals surface area (Å²) in [6, 6.07) is 14.0. The Balaban J connectivity index is 2.12. The number of ether oxygens (including phenoxy) is 2. The fourth-order valence-corrected chi connectivity index (χ4v) is 3.32. The van der Waals surface area contributed by atoms with Crippen LogP contribution in [0.25, 0.3) is 0 Å².